The third-order valence-electron chi connectivity index (χ3n) is 2.98. The number of aromatic nitrogens is 2. The molecule has 0 saturated carbocycles. The zero-order valence-corrected chi connectivity index (χ0v) is 11.6. The predicted molar refractivity (Wildman–Crippen MR) is 76.9 cm³/mol. The normalized spacial score (nSPS) is 10.5. The predicted octanol–water partition coefficient (Wildman–Crippen LogP) is 1.94. The average molecular weight is 273 g/mol. The summed E-state index contributed by atoms with van der Waals surface area (Å²) in [4.78, 5) is 12.0. The number of carbonyl (C=O) groups excluding carboxylic acids is 1. The summed E-state index contributed by atoms with van der Waals surface area (Å²) < 4.78 is 6.85. The fraction of sp³-hybridized carbons (Fsp3) is 0.333. The number of carbonyl (C=O) groups is 1. The van der Waals surface area contributed by atoms with E-state index in [4.69, 9.17) is 10.5 Å². The fourth-order valence-corrected chi connectivity index (χ4v) is 2.05. The van der Waals surface area contributed by atoms with Gasteiger partial charge in [0.1, 0.15) is 5.56 Å². The van der Waals surface area contributed by atoms with Crippen LogP contribution in [-0.2, 0) is 11.2 Å². The van der Waals surface area contributed by atoms with E-state index in [0.29, 0.717) is 25.1 Å². The van der Waals surface area contributed by atoms with Gasteiger partial charge in [0.15, 0.2) is 0 Å². The van der Waals surface area contributed by atoms with Crippen LogP contribution in [0.2, 0.25) is 0 Å². The molecule has 20 heavy (non-hydrogen) atoms. The molecule has 1 heterocycles. The molecule has 0 fully saturated rings. The summed E-state index contributed by atoms with van der Waals surface area (Å²) >= 11 is 0. The SMILES string of the molecule is CCOC(=O)c1cnn(-c2ccccc2)c1CCCN. The molecular formula is C15H19N3O2. The van der Waals surface area contributed by atoms with Crippen molar-refractivity contribution in [2.24, 2.45) is 5.73 Å². The van der Waals surface area contributed by atoms with Gasteiger partial charge in [-0.05, 0) is 38.4 Å². The molecule has 0 aliphatic heterocycles. The number of ether oxygens (including phenoxy) is 1. The minimum absolute atomic E-state index is 0.332. The Hall–Kier alpha value is -2.14. The van der Waals surface area contributed by atoms with E-state index < -0.39 is 0 Å². The first-order chi connectivity index (χ1) is 9.77. The van der Waals surface area contributed by atoms with Gasteiger partial charge in [-0.2, -0.15) is 5.10 Å². The molecule has 5 nitrogen and oxygen atoms in total. The number of benzene rings is 1. The molecule has 0 unspecified atom stereocenters. The van der Waals surface area contributed by atoms with Crippen molar-refractivity contribution in [2.75, 3.05) is 13.2 Å². The van der Waals surface area contributed by atoms with Gasteiger partial charge in [0.05, 0.1) is 24.2 Å². The third kappa shape index (κ3) is 3.05. The van der Waals surface area contributed by atoms with Crippen LogP contribution in [0.5, 0.6) is 0 Å². The summed E-state index contributed by atoms with van der Waals surface area (Å²) in [5.41, 5.74) is 7.86. The first kappa shape index (κ1) is 14.3. The van der Waals surface area contributed by atoms with Crippen LogP contribution in [0.25, 0.3) is 5.69 Å². The minimum atomic E-state index is -0.332. The van der Waals surface area contributed by atoms with E-state index in [1.165, 1.54) is 0 Å². The maximum atomic E-state index is 12.0. The maximum absolute atomic E-state index is 12.0. The molecule has 0 spiro atoms. The quantitative estimate of drug-likeness (QED) is 0.817. The Kier molecular flexibility index (Phi) is 4.90. The molecule has 0 saturated heterocycles. The number of nitrogens with two attached hydrogens (primary N) is 1. The van der Waals surface area contributed by atoms with E-state index in [-0.39, 0.29) is 5.97 Å². The Balaban J connectivity index is 2.39. The van der Waals surface area contributed by atoms with Crippen LogP contribution in [-0.4, -0.2) is 28.9 Å². The lowest BCUT2D eigenvalue weighted by atomic mass is 10.1. The average Bonchev–Trinajstić information content (AvgIpc) is 2.90. The molecule has 2 aromatic rings. The fourth-order valence-electron chi connectivity index (χ4n) is 2.05. The molecule has 0 bridgehead atoms. The second-order valence-corrected chi connectivity index (χ2v) is 4.36. The lowest BCUT2D eigenvalue weighted by molar-refractivity contribution is 0.0525. The number of esters is 1. The second-order valence-electron chi connectivity index (χ2n) is 4.36. The van der Waals surface area contributed by atoms with E-state index in [1.807, 2.05) is 30.3 Å². The van der Waals surface area contributed by atoms with Crippen LogP contribution in [0.4, 0.5) is 0 Å². The van der Waals surface area contributed by atoms with Gasteiger partial charge in [0, 0.05) is 0 Å². The van der Waals surface area contributed by atoms with E-state index >= 15 is 0 Å². The summed E-state index contributed by atoms with van der Waals surface area (Å²) in [5, 5.41) is 4.32. The van der Waals surface area contributed by atoms with Crippen LogP contribution >= 0.6 is 0 Å². The van der Waals surface area contributed by atoms with Crippen molar-refractivity contribution in [2.45, 2.75) is 19.8 Å². The van der Waals surface area contributed by atoms with Crippen LogP contribution in [0.3, 0.4) is 0 Å². The molecule has 5 heteroatoms. The highest BCUT2D eigenvalue weighted by Crippen LogP contribution is 2.17. The summed E-state index contributed by atoms with van der Waals surface area (Å²) in [6.45, 7) is 2.72. The number of para-hydroxylation sites is 1. The first-order valence-corrected chi connectivity index (χ1v) is 6.77. The number of hydrogen-bond donors (Lipinski definition) is 1. The molecule has 0 aliphatic carbocycles. The van der Waals surface area contributed by atoms with E-state index in [2.05, 4.69) is 5.10 Å². The lowest BCUT2D eigenvalue weighted by Crippen LogP contribution is -2.11. The smallest absolute Gasteiger partial charge is 0.341 e. The largest absolute Gasteiger partial charge is 0.462 e. The van der Waals surface area contributed by atoms with Crippen LogP contribution in [0, 0.1) is 0 Å². The molecular weight excluding hydrogens is 254 g/mol. The van der Waals surface area contributed by atoms with Gasteiger partial charge in [0.25, 0.3) is 0 Å². The monoisotopic (exact) mass is 273 g/mol. The molecule has 0 radical (unpaired) electrons. The summed E-state index contributed by atoms with van der Waals surface area (Å²) in [6, 6.07) is 9.72. The number of rotatable bonds is 6. The molecule has 0 aliphatic rings. The highest BCUT2D eigenvalue weighted by Gasteiger charge is 2.18. The van der Waals surface area contributed by atoms with Gasteiger partial charge in [-0.3, -0.25) is 0 Å². The molecule has 2 N–H and O–H groups in total. The molecule has 1 aromatic carbocycles. The van der Waals surface area contributed by atoms with Gasteiger partial charge >= 0.3 is 5.97 Å². The summed E-state index contributed by atoms with van der Waals surface area (Å²) in [5.74, 6) is -0.332. The van der Waals surface area contributed by atoms with Crippen molar-refractivity contribution in [1.29, 1.82) is 0 Å². The Bertz CT molecular complexity index is 564. The van der Waals surface area contributed by atoms with Gasteiger partial charge in [-0.25, -0.2) is 9.48 Å². The van der Waals surface area contributed by atoms with Crippen molar-refractivity contribution in [1.82, 2.24) is 9.78 Å². The number of hydrogen-bond acceptors (Lipinski definition) is 4. The molecule has 106 valence electrons. The number of nitrogens with zero attached hydrogens (tertiary/aromatic N) is 2. The van der Waals surface area contributed by atoms with E-state index in [0.717, 1.165) is 17.8 Å². The summed E-state index contributed by atoms with van der Waals surface area (Å²) in [7, 11) is 0. The molecule has 1 aromatic heterocycles. The molecule has 0 amide bonds. The molecule has 0 atom stereocenters. The Morgan fingerprint density at radius 2 is 2.10 bits per heavy atom. The van der Waals surface area contributed by atoms with Crippen molar-refractivity contribution in [3.8, 4) is 5.69 Å². The maximum Gasteiger partial charge on any atom is 0.341 e. The topological polar surface area (TPSA) is 70.1 Å². The standard InChI is InChI=1S/C15H19N3O2/c1-2-20-15(19)13-11-17-18(14(13)9-6-10-16)12-7-4-3-5-8-12/h3-5,7-8,11H,2,6,9-10,16H2,1H3. The lowest BCUT2D eigenvalue weighted by Gasteiger charge is -2.09. The van der Waals surface area contributed by atoms with Crippen molar-refractivity contribution >= 4 is 5.97 Å². The summed E-state index contributed by atoms with van der Waals surface area (Å²) in [6.07, 6.45) is 3.06. The Morgan fingerprint density at radius 1 is 1.35 bits per heavy atom. The van der Waals surface area contributed by atoms with E-state index in [9.17, 15) is 4.79 Å². The minimum Gasteiger partial charge on any atom is -0.462 e. The van der Waals surface area contributed by atoms with Crippen molar-refractivity contribution < 1.29 is 9.53 Å². The van der Waals surface area contributed by atoms with E-state index in [1.54, 1.807) is 17.8 Å². The van der Waals surface area contributed by atoms with Crippen molar-refractivity contribution in [3.63, 3.8) is 0 Å². The van der Waals surface area contributed by atoms with Crippen LogP contribution in [0.1, 0.15) is 29.4 Å². The van der Waals surface area contributed by atoms with Gasteiger partial charge in [0.2, 0.25) is 0 Å². The highest BCUT2D eigenvalue weighted by molar-refractivity contribution is 5.90. The zero-order chi connectivity index (χ0) is 14.4. The molecule has 2 rings (SSSR count). The third-order valence-corrected chi connectivity index (χ3v) is 2.98. The van der Waals surface area contributed by atoms with Crippen LogP contribution in [0.15, 0.2) is 36.5 Å². The Labute approximate surface area is 118 Å². The van der Waals surface area contributed by atoms with Crippen LogP contribution < -0.4 is 5.73 Å². The first-order valence-electron chi connectivity index (χ1n) is 6.77. The van der Waals surface area contributed by atoms with Gasteiger partial charge < -0.3 is 10.5 Å². The highest BCUT2D eigenvalue weighted by atomic mass is 16.5. The zero-order valence-electron chi connectivity index (χ0n) is 11.6. The second kappa shape index (κ2) is 6.86. The Morgan fingerprint density at radius 3 is 2.75 bits per heavy atom. The van der Waals surface area contributed by atoms with Crippen molar-refractivity contribution in [3.05, 3.63) is 47.8 Å². The van der Waals surface area contributed by atoms with Gasteiger partial charge in [-0.15, -0.1) is 0 Å². The van der Waals surface area contributed by atoms with Gasteiger partial charge in [-0.1, -0.05) is 18.2 Å².